The number of carbonyl (C=O) groups is 8. The van der Waals surface area contributed by atoms with Crippen molar-refractivity contribution < 1.29 is 53.7 Å². The maximum absolute atomic E-state index is 13.6. The zero-order valence-corrected chi connectivity index (χ0v) is 40.1. The SMILES string of the molecule is CC(=O)N[C@@H](CC(=O)O)C(=O)N[C@@H](CCC(=O)O)C(=O)NC(C(=O)N[C@@H](CC(=O)O)C(=O)NCCN(C)c1ccc(-c2nc3ccc(-c4nc5ccc(N6CCN(C)CC6)cc5[nH]4)cc3[nH]2)cc1)C(C)C. The summed E-state index contributed by atoms with van der Waals surface area (Å²) in [7, 11) is 3.94. The predicted octanol–water partition coefficient (Wildman–Crippen LogP) is 1.51. The number of fused-ring (bicyclic) bond motifs is 2. The zero-order chi connectivity index (χ0) is 51.5. The molecule has 0 radical (unpaired) electrons. The smallest absolute Gasteiger partial charge is 0.305 e. The molecule has 1 unspecified atom stereocenters. The first kappa shape index (κ1) is 52.3. The summed E-state index contributed by atoms with van der Waals surface area (Å²) in [6.07, 6.45) is -2.74. The van der Waals surface area contributed by atoms with E-state index in [9.17, 15) is 53.7 Å². The van der Waals surface area contributed by atoms with Crippen molar-refractivity contribution in [1.29, 1.82) is 0 Å². The van der Waals surface area contributed by atoms with Gasteiger partial charge in [0, 0.05) is 82.2 Å². The molecule has 4 atom stereocenters. The van der Waals surface area contributed by atoms with Crippen LogP contribution in [0.2, 0.25) is 0 Å². The van der Waals surface area contributed by atoms with Crippen molar-refractivity contribution in [2.45, 2.75) is 70.6 Å². The fourth-order valence-corrected chi connectivity index (χ4v) is 8.03. The summed E-state index contributed by atoms with van der Waals surface area (Å²) < 4.78 is 0. The largest absolute Gasteiger partial charge is 0.481 e. The minimum Gasteiger partial charge on any atom is -0.481 e. The number of nitrogens with zero attached hydrogens (tertiary/aromatic N) is 5. The number of benzene rings is 3. The van der Waals surface area contributed by atoms with E-state index in [0.29, 0.717) is 5.82 Å². The van der Waals surface area contributed by atoms with Gasteiger partial charge in [-0.25, -0.2) is 9.97 Å². The van der Waals surface area contributed by atoms with Crippen molar-refractivity contribution in [3.05, 3.63) is 60.7 Å². The van der Waals surface area contributed by atoms with Crippen molar-refractivity contribution in [3.63, 3.8) is 0 Å². The van der Waals surface area contributed by atoms with E-state index < -0.39 is 103 Å². The molecule has 23 nitrogen and oxygen atoms in total. The second-order valence-corrected chi connectivity index (χ2v) is 17.9. The molecule has 3 heterocycles. The Labute approximate surface area is 408 Å². The lowest BCUT2D eigenvalue weighted by molar-refractivity contribution is -0.142. The standard InChI is InChI=1S/C48H60N12O11/c1-26(2)42(57-46(69)34(14-15-39(62)63)55-47(70)38(25-41(66)67)50-27(3)61)48(71)56-37(24-40(64)65)45(68)49-16-17-59(5)30-9-6-28(7-10-30)43-51-32-12-8-29(22-35(32)53-43)44-52-33-13-11-31(23-36(33)54-44)60-20-18-58(4)19-21-60/h6-13,22-23,26,34,37-38,42H,14-21,24-25H2,1-5H3,(H,49,68)(H,50,61)(H,51,53)(H,52,54)(H,55,70)(H,56,71)(H,57,69)(H,62,63)(H,64,65)(H,66,67)/t34-,37-,38-,42?/m0/s1. The van der Waals surface area contributed by atoms with E-state index in [4.69, 9.17) is 9.97 Å². The number of anilines is 2. The third-order valence-corrected chi connectivity index (χ3v) is 12.0. The number of carboxylic acid groups (broad SMARTS) is 3. The molecular weight excluding hydrogens is 921 g/mol. The third-order valence-electron chi connectivity index (χ3n) is 12.0. The van der Waals surface area contributed by atoms with Crippen molar-refractivity contribution in [2.24, 2.45) is 5.92 Å². The van der Waals surface area contributed by atoms with E-state index in [1.807, 2.05) is 53.4 Å². The van der Waals surface area contributed by atoms with Crippen molar-refractivity contribution in [3.8, 4) is 22.8 Å². The lowest BCUT2D eigenvalue weighted by Gasteiger charge is -2.34. The molecule has 1 saturated heterocycles. The van der Waals surface area contributed by atoms with Gasteiger partial charge in [0.1, 0.15) is 35.8 Å². The summed E-state index contributed by atoms with van der Waals surface area (Å²) in [5, 5.41) is 40.0. The summed E-state index contributed by atoms with van der Waals surface area (Å²) >= 11 is 0. The molecule has 0 saturated carbocycles. The number of aromatic amines is 2. The van der Waals surface area contributed by atoms with Gasteiger partial charge in [-0.15, -0.1) is 0 Å². The van der Waals surface area contributed by atoms with Crippen LogP contribution in [0, 0.1) is 5.92 Å². The van der Waals surface area contributed by atoms with Crippen LogP contribution in [0.4, 0.5) is 11.4 Å². The topological polar surface area (TPSA) is 324 Å². The van der Waals surface area contributed by atoms with Crippen LogP contribution in [0.1, 0.15) is 46.5 Å². The summed E-state index contributed by atoms with van der Waals surface area (Å²) in [6.45, 7) is 8.46. The van der Waals surface area contributed by atoms with Crippen LogP contribution < -0.4 is 36.4 Å². The van der Waals surface area contributed by atoms with E-state index in [1.54, 1.807) is 20.9 Å². The quantitative estimate of drug-likeness (QED) is 0.0444. The minimum atomic E-state index is -1.60. The first-order valence-corrected chi connectivity index (χ1v) is 23.1. The third kappa shape index (κ3) is 14.2. The molecule has 3 aromatic carbocycles. The molecule has 2 aromatic heterocycles. The van der Waals surface area contributed by atoms with E-state index in [2.05, 4.69) is 65.5 Å². The molecule has 0 aliphatic carbocycles. The number of piperazine rings is 1. The number of H-pyrrole nitrogens is 2. The highest BCUT2D eigenvalue weighted by Crippen LogP contribution is 2.29. The summed E-state index contributed by atoms with van der Waals surface area (Å²) in [4.78, 5) is 123. The Balaban J connectivity index is 1.04. The van der Waals surface area contributed by atoms with Gasteiger partial charge >= 0.3 is 17.9 Å². The molecule has 0 spiro atoms. The number of likely N-dealkylation sites (N-methyl/N-ethyl adjacent to an activating group) is 2. The molecule has 0 bridgehead atoms. The Morgan fingerprint density at radius 1 is 0.662 bits per heavy atom. The maximum Gasteiger partial charge on any atom is 0.305 e. The number of amides is 5. The Morgan fingerprint density at radius 2 is 1.21 bits per heavy atom. The van der Waals surface area contributed by atoms with Gasteiger partial charge in [-0.1, -0.05) is 13.8 Å². The molecule has 71 heavy (non-hydrogen) atoms. The molecule has 1 aliphatic rings. The monoisotopic (exact) mass is 980 g/mol. The Hall–Kier alpha value is -8.08. The maximum atomic E-state index is 13.6. The van der Waals surface area contributed by atoms with Crippen molar-refractivity contribution in [2.75, 3.05) is 63.2 Å². The first-order chi connectivity index (χ1) is 33.7. The van der Waals surface area contributed by atoms with Gasteiger partial charge in [0.15, 0.2) is 0 Å². The predicted molar refractivity (Wildman–Crippen MR) is 262 cm³/mol. The number of hydrogen-bond donors (Lipinski definition) is 10. The Morgan fingerprint density at radius 3 is 1.80 bits per heavy atom. The van der Waals surface area contributed by atoms with Gasteiger partial charge in [0.25, 0.3) is 0 Å². The van der Waals surface area contributed by atoms with Crippen LogP contribution in [0.15, 0.2) is 60.7 Å². The molecule has 23 heteroatoms. The second-order valence-electron chi connectivity index (χ2n) is 17.9. The first-order valence-electron chi connectivity index (χ1n) is 23.1. The number of nitrogens with one attached hydrogen (secondary N) is 7. The van der Waals surface area contributed by atoms with Gasteiger partial charge in [0.2, 0.25) is 29.5 Å². The molecule has 5 amide bonds. The van der Waals surface area contributed by atoms with Crippen LogP contribution in [-0.4, -0.2) is 165 Å². The molecular formula is C48H60N12O11. The lowest BCUT2D eigenvalue weighted by atomic mass is 10.0. The summed E-state index contributed by atoms with van der Waals surface area (Å²) in [5.74, 6) is -8.01. The zero-order valence-electron chi connectivity index (χ0n) is 40.1. The van der Waals surface area contributed by atoms with Crippen molar-refractivity contribution in [1.82, 2.24) is 51.4 Å². The van der Waals surface area contributed by atoms with Gasteiger partial charge in [-0.3, -0.25) is 38.4 Å². The Kier molecular flexibility index (Phi) is 17.3. The number of hydrogen-bond acceptors (Lipinski definition) is 13. The molecule has 10 N–H and O–H groups in total. The van der Waals surface area contributed by atoms with Crippen LogP contribution in [-0.2, 0) is 38.4 Å². The average Bonchev–Trinajstić information content (AvgIpc) is 3.95. The van der Waals surface area contributed by atoms with Gasteiger partial charge < -0.3 is 66.6 Å². The lowest BCUT2D eigenvalue weighted by Crippen LogP contribution is -2.59. The summed E-state index contributed by atoms with van der Waals surface area (Å²) in [5.41, 5.74) is 7.20. The van der Waals surface area contributed by atoms with E-state index in [-0.39, 0.29) is 13.1 Å². The van der Waals surface area contributed by atoms with Crippen LogP contribution in [0.5, 0.6) is 0 Å². The fourth-order valence-electron chi connectivity index (χ4n) is 8.03. The number of aliphatic carboxylic acids is 3. The van der Waals surface area contributed by atoms with Gasteiger partial charge in [-0.05, 0) is 80.1 Å². The Bertz CT molecular complexity index is 2750. The normalized spacial score (nSPS) is 14.5. The van der Waals surface area contributed by atoms with Crippen LogP contribution in [0.3, 0.4) is 0 Å². The number of aromatic nitrogens is 4. The van der Waals surface area contributed by atoms with Crippen molar-refractivity contribution >= 4 is 80.9 Å². The number of rotatable bonds is 23. The minimum absolute atomic E-state index is 0.0499. The highest BCUT2D eigenvalue weighted by atomic mass is 16.4. The number of carboxylic acids is 3. The average molecular weight is 981 g/mol. The van der Waals surface area contributed by atoms with Gasteiger partial charge in [-0.2, -0.15) is 0 Å². The molecule has 6 rings (SSSR count). The second kappa shape index (κ2) is 23.5. The fraction of sp³-hybridized carbons (Fsp3) is 0.417. The van der Waals surface area contributed by atoms with E-state index in [1.165, 1.54) is 5.69 Å². The highest BCUT2D eigenvalue weighted by Gasteiger charge is 2.34. The van der Waals surface area contributed by atoms with E-state index >= 15 is 0 Å². The summed E-state index contributed by atoms with van der Waals surface area (Å²) in [6, 6.07) is 13.7. The van der Waals surface area contributed by atoms with Crippen LogP contribution in [0.25, 0.3) is 44.8 Å². The van der Waals surface area contributed by atoms with Crippen LogP contribution >= 0.6 is 0 Å². The number of carbonyl (C=O) groups excluding carboxylic acids is 5. The molecule has 378 valence electrons. The molecule has 1 aliphatic heterocycles. The van der Waals surface area contributed by atoms with Gasteiger partial charge in [0.05, 0.1) is 34.9 Å². The van der Waals surface area contributed by atoms with E-state index in [0.717, 1.165) is 77.8 Å². The number of imidazole rings is 2. The molecule has 5 aromatic rings. The highest BCUT2D eigenvalue weighted by molar-refractivity contribution is 5.97. The molecule has 1 fully saturated rings.